The Morgan fingerprint density at radius 1 is 1.04 bits per heavy atom. The minimum atomic E-state index is 0.695. The summed E-state index contributed by atoms with van der Waals surface area (Å²) in [5, 5.41) is 1.10. The first-order chi connectivity index (χ1) is 11.6. The fraction of sp³-hybridized carbons (Fsp3) is 0.0952. The Bertz CT molecular complexity index is 936. The molecule has 120 valence electrons. The van der Waals surface area contributed by atoms with Crippen molar-refractivity contribution in [2.24, 2.45) is 0 Å². The Morgan fingerprint density at radius 2 is 1.75 bits per heavy atom. The predicted molar refractivity (Wildman–Crippen MR) is 106 cm³/mol. The first kappa shape index (κ1) is 15.8. The molecule has 0 fully saturated rings. The minimum absolute atomic E-state index is 0.695. The summed E-state index contributed by atoms with van der Waals surface area (Å²) in [6.07, 6.45) is 5.42. The van der Waals surface area contributed by atoms with Crippen molar-refractivity contribution < 1.29 is 0 Å². The van der Waals surface area contributed by atoms with Crippen LogP contribution in [0, 0.1) is 6.92 Å². The summed E-state index contributed by atoms with van der Waals surface area (Å²) >= 11 is 0. The van der Waals surface area contributed by atoms with E-state index >= 15 is 0 Å². The van der Waals surface area contributed by atoms with Crippen molar-refractivity contribution in [3.05, 3.63) is 72.4 Å². The number of fused-ring (bicyclic) bond motifs is 1. The predicted octanol–water partition coefficient (Wildman–Crippen LogP) is 5.18. The number of aryl methyl sites for hydroxylation is 1. The van der Waals surface area contributed by atoms with Gasteiger partial charge in [0.2, 0.25) is 0 Å². The summed E-state index contributed by atoms with van der Waals surface area (Å²) in [5.41, 5.74) is 13.1. The third-order valence-electron chi connectivity index (χ3n) is 4.38. The molecule has 3 heteroatoms. The molecular formula is C21H21N3. The van der Waals surface area contributed by atoms with Crippen molar-refractivity contribution in [1.82, 2.24) is 4.98 Å². The van der Waals surface area contributed by atoms with Crippen molar-refractivity contribution >= 4 is 40.1 Å². The highest BCUT2D eigenvalue weighted by molar-refractivity contribution is 5.95. The number of anilines is 3. The lowest BCUT2D eigenvalue weighted by molar-refractivity contribution is 1.20. The summed E-state index contributed by atoms with van der Waals surface area (Å²) in [4.78, 5) is 6.62. The Morgan fingerprint density at radius 3 is 2.46 bits per heavy atom. The third-order valence-corrected chi connectivity index (χ3v) is 4.38. The molecule has 3 aromatic rings. The van der Waals surface area contributed by atoms with Crippen LogP contribution in [0.15, 0.2) is 55.8 Å². The van der Waals surface area contributed by atoms with Gasteiger partial charge in [-0.15, -0.1) is 0 Å². The number of hydrogen-bond donors (Lipinski definition) is 1. The van der Waals surface area contributed by atoms with Crippen LogP contribution in [0.5, 0.6) is 0 Å². The maximum absolute atomic E-state index is 6.44. The SMILES string of the molecule is C=Cc1c(C)cc(N(C)c2cccc3cccnc23)c(N)c1C=C. The summed E-state index contributed by atoms with van der Waals surface area (Å²) in [7, 11) is 2.01. The fourth-order valence-corrected chi connectivity index (χ4v) is 3.11. The molecule has 0 aliphatic carbocycles. The molecule has 2 N–H and O–H groups in total. The van der Waals surface area contributed by atoms with E-state index < -0.39 is 0 Å². The molecule has 0 aliphatic heterocycles. The minimum Gasteiger partial charge on any atom is -0.397 e. The van der Waals surface area contributed by atoms with Gasteiger partial charge in [0.1, 0.15) is 0 Å². The van der Waals surface area contributed by atoms with Crippen LogP contribution < -0.4 is 10.6 Å². The van der Waals surface area contributed by atoms with E-state index in [2.05, 4.69) is 54.2 Å². The van der Waals surface area contributed by atoms with Gasteiger partial charge in [-0.1, -0.05) is 43.5 Å². The van der Waals surface area contributed by atoms with Gasteiger partial charge >= 0.3 is 0 Å². The number of aromatic nitrogens is 1. The number of nitrogen functional groups attached to an aromatic ring is 1. The molecule has 0 saturated heterocycles. The molecule has 0 aliphatic rings. The quantitative estimate of drug-likeness (QED) is 0.675. The molecule has 0 saturated carbocycles. The van der Waals surface area contributed by atoms with Crippen molar-refractivity contribution in [3.63, 3.8) is 0 Å². The smallest absolute Gasteiger partial charge is 0.0938 e. The highest BCUT2D eigenvalue weighted by atomic mass is 15.1. The molecule has 3 rings (SSSR count). The molecule has 1 aromatic heterocycles. The second kappa shape index (κ2) is 6.20. The normalized spacial score (nSPS) is 10.6. The number of pyridine rings is 1. The van der Waals surface area contributed by atoms with Crippen LogP contribution in [-0.4, -0.2) is 12.0 Å². The van der Waals surface area contributed by atoms with E-state index in [0.717, 1.165) is 39.0 Å². The van der Waals surface area contributed by atoms with Crippen LogP contribution >= 0.6 is 0 Å². The first-order valence-electron chi connectivity index (χ1n) is 7.84. The summed E-state index contributed by atoms with van der Waals surface area (Å²) in [6, 6.07) is 12.2. The molecule has 0 amide bonds. The standard InChI is InChI=1S/C21H21N3/c1-5-16-14(3)13-19(20(22)17(16)6-2)24(4)18-11-7-9-15-10-8-12-23-21(15)18/h5-13H,1-2,22H2,3-4H3. The molecule has 0 spiro atoms. The van der Waals surface area contributed by atoms with Crippen LogP contribution in [0.2, 0.25) is 0 Å². The average molecular weight is 315 g/mol. The molecule has 0 unspecified atom stereocenters. The maximum Gasteiger partial charge on any atom is 0.0938 e. The van der Waals surface area contributed by atoms with Crippen LogP contribution in [0.25, 0.3) is 23.1 Å². The molecule has 1 heterocycles. The third kappa shape index (κ3) is 2.44. The largest absolute Gasteiger partial charge is 0.397 e. The van der Waals surface area contributed by atoms with Crippen molar-refractivity contribution in [2.75, 3.05) is 17.7 Å². The van der Waals surface area contributed by atoms with Gasteiger partial charge in [0, 0.05) is 24.2 Å². The van der Waals surface area contributed by atoms with E-state index in [1.807, 2.05) is 31.5 Å². The van der Waals surface area contributed by atoms with Crippen molar-refractivity contribution in [3.8, 4) is 0 Å². The van der Waals surface area contributed by atoms with E-state index in [0.29, 0.717) is 5.69 Å². The Balaban J connectivity index is 2.23. The lowest BCUT2D eigenvalue weighted by atomic mass is 9.97. The van der Waals surface area contributed by atoms with Gasteiger partial charge in [-0.2, -0.15) is 0 Å². The zero-order chi connectivity index (χ0) is 17.3. The van der Waals surface area contributed by atoms with Gasteiger partial charge in [0.15, 0.2) is 0 Å². The Kier molecular flexibility index (Phi) is 4.09. The lowest BCUT2D eigenvalue weighted by Crippen LogP contribution is -2.14. The van der Waals surface area contributed by atoms with Crippen LogP contribution in [0.3, 0.4) is 0 Å². The van der Waals surface area contributed by atoms with E-state index in [1.165, 1.54) is 0 Å². The molecular weight excluding hydrogens is 294 g/mol. The Labute approximate surface area is 142 Å². The molecule has 0 bridgehead atoms. The highest BCUT2D eigenvalue weighted by Crippen LogP contribution is 2.38. The van der Waals surface area contributed by atoms with E-state index in [-0.39, 0.29) is 0 Å². The van der Waals surface area contributed by atoms with Crippen LogP contribution in [0.1, 0.15) is 16.7 Å². The second-order valence-electron chi connectivity index (χ2n) is 5.77. The molecule has 2 aromatic carbocycles. The molecule has 3 nitrogen and oxygen atoms in total. The monoisotopic (exact) mass is 315 g/mol. The van der Waals surface area contributed by atoms with Gasteiger partial charge in [-0.05, 0) is 36.2 Å². The van der Waals surface area contributed by atoms with Crippen molar-refractivity contribution in [1.29, 1.82) is 0 Å². The number of hydrogen-bond acceptors (Lipinski definition) is 3. The number of nitrogens with zero attached hydrogens (tertiary/aromatic N) is 2. The number of nitrogens with two attached hydrogens (primary N) is 1. The van der Waals surface area contributed by atoms with Crippen LogP contribution in [0.4, 0.5) is 17.1 Å². The first-order valence-corrected chi connectivity index (χ1v) is 7.84. The maximum atomic E-state index is 6.44. The van der Waals surface area contributed by atoms with Gasteiger partial charge in [-0.3, -0.25) is 4.98 Å². The fourth-order valence-electron chi connectivity index (χ4n) is 3.11. The lowest BCUT2D eigenvalue weighted by Gasteiger charge is -2.25. The summed E-state index contributed by atoms with van der Waals surface area (Å²) < 4.78 is 0. The zero-order valence-electron chi connectivity index (χ0n) is 14.1. The van der Waals surface area contributed by atoms with Gasteiger partial charge in [0.25, 0.3) is 0 Å². The van der Waals surface area contributed by atoms with Crippen molar-refractivity contribution in [2.45, 2.75) is 6.92 Å². The van der Waals surface area contributed by atoms with E-state index in [4.69, 9.17) is 5.73 Å². The summed E-state index contributed by atoms with van der Waals surface area (Å²) in [6.45, 7) is 9.85. The average Bonchev–Trinajstić information content (AvgIpc) is 2.61. The van der Waals surface area contributed by atoms with E-state index in [9.17, 15) is 0 Å². The zero-order valence-corrected chi connectivity index (χ0v) is 14.1. The van der Waals surface area contributed by atoms with Gasteiger partial charge in [-0.25, -0.2) is 0 Å². The summed E-state index contributed by atoms with van der Waals surface area (Å²) in [5.74, 6) is 0. The van der Waals surface area contributed by atoms with E-state index in [1.54, 1.807) is 6.08 Å². The van der Waals surface area contributed by atoms with Crippen LogP contribution in [-0.2, 0) is 0 Å². The topological polar surface area (TPSA) is 42.2 Å². The highest BCUT2D eigenvalue weighted by Gasteiger charge is 2.16. The number of para-hydroxylation sites is 1. The Hall–Kier alpha value is -3.07. The van der Waals surface area contributed by atoms with Gasteiger partial charge in [0.05, 0.1) is 22.6 Å². The molecule has 24 heavy (non-hydrogen) atoms. The molecule has 0 radical (unpaired) electrons. The van der Waals surface area contributed by atoms with Gasteiger partial charge < -0.3 is 10.6 Å². The molecule has 0 atom stereocenters. The number of benzene rings is 2. The second-order valence-corrected chi connectivity index (χ2v) is 5.77. The number of rotatable bonds is 4.